The molecule has 3 heteroatoms. The van der Waals surface area contributed by atoms with Crippen LogP contribution in [0.2, 0.25) is 0 Å². The van der Waals surface area contributed by atoms with Gasteiger partial charge in [-0.05, 0) is 43.1 Å². The number of carbonyl (C=O) groups is 1. The summed E-state index contributed by atoms with van der Waals surface area (Å²) in [5.41, 5.74) is 3.58. The minimum absolute atomic E-state index is 0.128. The van der Waals surface area contributed by atoms with Gasteiger partial charge in [-0.3, -0.25) is 4.79 Å². The zero-order valence-electron chi connectivity index (χ0n) is 9.57. The van der Waals surface area contributed by atoms with Gasteiger partial charge >= 0.3 is 5.97 Å². The number of nitrogens with zero attached hydrogens (tertiary/aromatic N) is 1. The summed E-state index contributed by atoms with van der Waals surface area (Å²) in [6.07, 6.45) is 2.34. The first-order valence-corrected chi connectivity index (χ1v) is 5.66. The molecule has 0 spiro atoms. The molecule has 0 amide bonds. The largest absolute Gasteiger partial charge is 0.481 e. The van der Waals surface area contributed by atoms with Gasteiger partial charge in [-0.1, -0.05) is 18.2 Å². The molecule has 0 fully saturated rings. The summed E-state index contributed by atoms with van der Waals surface area (Å²) in [5, 5.41) is 8.76. The number of hydrogen-bond acceptors (Lipinski definition) is 2. The van der Waals surface area contributed by atoms with Gasteiger partial charge in [0.1, 0.15) is 0 Å². The number of hydrogen-bond donors (Lipinski definition) is 1. The molecule has 0 aliphatic carbocycles. The van der Waals surface area contributed by atoms with Crippen LogP contribution in [0.25, 0.3) is 0 Å². The average molecular weight is 219 g/mol. The smallest absolute Gasteiger partial charge is 0.307 e. The van der Waals surface area contributed by atoms with Crippen LogP contribution in [-0.2, 0) is 24.2 Å². The topological polar surface area (TPSA) is 40.5 Å². The number of fused-ring (bicyclic) bond motifs is 1. The van der Waals surface area contributed by atoms with Crippen molar-refractivity contribution in [3.63, 3.8) is 0 Å². The van der Waals surface area contributed by atoms with E-state index in [1.807, 2.05) is 6.07 Å². The Morgan fingerprint density at radius 1 is 1.44 bits per heavy atom. The maximum absolute atomic E-state index is 10.6. The Kier molecular flexibility index (Phi) is 3.25. The number of aliphatic carboxylic acids is 1. The lowest BCUT2D eigenvalue weighted by Crippen LogP contribution is -2.17. The van der Waals surface area contributed by atoms with E-state index >= 15 is 0 Å². The molecule has 1 aliphatic rings. The summed E-state index contributed by atoms with van der Waals surface area (Å²) < 4.78 is 0. The monoisotopic (exact) mass is 219 g/mol. The lowest BCUT2D eigenvalue weighted by Gasteiger charge is -2.13. The van der Waals surface area contributed by atoms with Gasteiger partial charge in [0.25, 0.3) is 0 Å². The second-order valence-electron chi connectivity index (χ2n) is 4.51. The highest BCUT2D eigenvalue weighted by molar-refractivity contribution is 5.70. The molecule has 1 aromatic rings. The highest BCUT2D eigenvalue weighted by Gasteiger charge is 2.12. The fourth-order valence-corrected chi connectivity index (χ4v) is 2.26. The lowest BCUT2D eigenvalue weighted by molar-refractivity contribution is -0.136. The summed E-state index contributed by atoms with van der Waals surface area (Å²) >= 11 is 0. The molecule has 1 aliphatic heterocycles. The molecule has 0 saturated heterocycles. The molecule has 0 radical (unpaired) electrons. The average Bonchev–Trinajstić information content (AvgIpc) is 2.37. The second-order valence-corrected chi connectivity index (χ2v) is 4.51. The van der Waals surface area contributed by atoms with Gasteiger partial charge in [0.2, 0.25) is 0 Å². The van der Waals surface area contributed by atoms with Gasteiger partial charge in [-0.2, -0.15) is 0 Å². The Labute approximate surface area is 95.7 Å². The van der Waals surface area contributed by atoms with Crippen LogP contribution in [0.3, 0.4) is 0 Å². The van der Waals surface area contributed by atoms with E-state index in [9.17, 15) is 4.79 Å². The van der Waals surface area contributed by atoms with Crippen LogP contribution in [0.1, 0.15) is 23.1 Å². The summed E-state index contributed by atoms with van der Waals surface area (Å²) in [6.45, 7) is 2.09. The minimum atomic E-state index is -0.759. The van der Waals surface area contributed by atoms with Gasteiger partial charge in [0.15, 0.2) is 0 Å². The van der Waals surface area contributed by atoms with Crippen molar-refractivity contribution in [2.45, 2.75) is 25.8 Å². The number of benzene rings is 1. The van der Waals surface area contributed by atoms with Crippen LogP contribution < -0.4 is 0 Å². The van der Waals surface area contributed by atoms with Crippen molar-refractivity contribution in [1.29, 1.82) is 0 Å². The third-order valence-corrected chi connectivity index (χ3v) is 3.05. The summed E-state index contributed by atoms with van der Waals surface area (Å²) in [5.74, 6) is -0.759. The highest BCUT2D eigenvalue weighted by Crippen LogP contribution is 2.19. The number of carboxylic acid groups (broad SMARTS) is 1. The van der Waals surface area contributed by atoms with Gasteiger partial charge < -0.3 is 10.0 Å². The van der Waals surface area contributed by atoms with Crippen LogP contribution in [-0.4, -0.2) is 29.6 Å². The van der Waals surface area contributed by atoms with Crippen molar-refractivity contribution in [2.75, 3.05) is 13.6 Å². The van der Waals surface area contributed by atoms with Crippen LogP contribution in [0, 0.1) is 0 Å². The Morgan fingerprint density at radius 2 is 2.25 bits per heavy atom. The van der Waals surface area contributed by atoms with Crippen molar-refractivity contribution >= 4 is 5.97 Å². The third-order valence-electron chi connectivity index (χ3n) is 3.05. The van der Waals surface area contributed by atoms with Crippen LogP contribution in [0.4, 0.5) is 0 Å². The van der Waals surface area contributed by atoms with Gasteiger partial charge in [0.05, 0.1) is 6.42 Å². The first kappa shape index (κ1) is 11.1. The van der Waals surface area contributed by atoms with E-state index in [4.69, 9.17) is 5.11 Å². The Hall–Kier alpha value is -1.35. The zero-order chi connectivity index (χ0) is 11.5. The molecule has 0 aromatic heterocycles. The first-order chi connectivity index (χ1) is 7.65. The molecule has 3 nitrogen and oxygen atoms in total. The van der Waals surface area contributed by atoms with E-state index in [0.717, 1.165) is 31.5 Å². The fourth-order valence-electron chi connectivity index (χ4n) is 2.26. The molecule has 2 rings (SSSR count). The molecule has 1 heterocycles. The summed E-state index contributed by atoms with van der Waals surface area (Å²) in [6, 6.07) is 6.07. The summed E-state index contributed by atoms with van der Waals surface area (Å²) in [4.78, 5) is 13.0. The quantitative estimate of drug-likeness (QED) is 0.823. The highest BCUT2D eigenvalue weighted by atomic mass is 16.4. The van der Waals surface area contributed by atoms with Crippen molar-refractivity contribution in [3.8, 4) is 0 Å². The normalized spacial score (nSPS) is 16.6. The standard InChI is InChI=1S/C13H17NO2/c1-14-6-2-3-11-7-10(8-13(15)16)4-5-12(11)9-14/h4-5,7H,2-3,6,8-9H2,1H3,(H,15,16). The van der Waals surface area contributed by atoms with Gasteiger partial charge in [0, 0.05) is 6.54 Å². The van der Waals surface area contributed by atoms with Crippen LogP contribution >= 0.6 is 0 Å². The van der Waals surface area contributed by atoms with E-state index < -0.39 is 5.97 Å². The fraction of sp³-hybridized carbons (Fsp3) is 0.462. The van der Waals surface area contributed by atoms with Crippen molar-refractivity contribution < 1.29 is 9.90 Å². The number of aryl methyl sites for hydroxylation is 1. The van der Waals surface area contributed by atoms with E-state index in [-0.39, 0.29) is 6.42 Å². The number of rotatable bonds is 2. The van der Waals surface area contributed by atoms with Crippen molar-refractivity contribution in [3.05, 3.63) is 34.9 Å². The van der Waals surface area contributed by atoms with E-state index in [1.54, 1.807) is 0 Å². The third kappa shape index (κ3) is 2.61. The molecular formula is C13H17NO2. The Balaban J connectivity index is 2.24. The van der Waals surface area contributed by atoms with E-state index in [1.165, 1.54) is 11.1 Å². The minimum Gasteiger partial charge on any atom is -0.481 e. The molecule has 1 aromatic carbocycles. The molecule has 16 heavy (non-hydrogen) atoms. The Bertz CT molecular complexity index is 401. The molecule has 0 bridgehead atoms. The van der Waals surface area contributed by atoms with Gasteiger partial charge in [-0.25, -0.2) is 0 Å². The predicted molar refractivity (Wildman–Crippen MR) is 62.4 cm³/mol. The van der Waals surface area contributed by atoms with Crippen LogP contribution in [0.5, 0.6) is 0 Å². The van der Waals surface area contributed by atoms with Gasteiger partial charge in [-0.15, -0.1) is 0 Å². The molecular weight excluding hydrogens is 202 g/mol. The summed E-state index contributed by atoms with van der Waals surface area (Å²) in [7, 11) is 2.13. The maximum Gasteiger partial charge on any atom is 0.307 e. The van der Waals surface area contributed by atoms with Crippen molar-refractivity contribution in [1.82, 2.24) is 4.90 Å². The van der Waals surface area contributed by atoms with Crippen LogP contribution in [0.15, 0.2) is 18.2 Å². The molecule has 0 unspecified atom stereocenters. The molecule has 0 saturated carbocycles. The zero-order valence-corrected chi connectivity index (χ0v) is 9.57. The lowest BCUT2D eigenvalue weighted by atomic mass is 10.00. The van der Waals surface area contributed by atoms with Crippen molar-refractivity contribution in [2.24, 2.45) is 0 Å². The second kappa shape index (κ2) is 4.66. The first-order valence-electron chi connectivity index (χ1n) is 5.66. The SMILES string of the molecule is CN1CCCc2cc(CC(=O)O)ccc2C1. The predicted octanol–water partition coefficient (Wildman–Crippen LogP) is 1.69. The maximum atomic E-state index is 10.6. The van der Waals surface area contributed by atoms with E-state index in [2.05, 4.69) is 24.1 Å². The molecule has 1 N–H and O–H groups in total. The number of carboxylic acids is 1. The van der Waals surface area contributed by atoms with E-state index in [0.29, 0.717) is 0 Å². The molecule has 0 atom stereocenters. The Morgan fingerprint density at radius 3 is 3.00 bits per heavy atom. The molecule has 86 valence electrons.